The summed E-state index contributed by atoms with van der Waals surface area (Å²) in [4.78, 5) is 28.0. The molecule has 0 bridgehead atoms. The molecule has 5 heterocycles. The van der Waals surface area contributed by atoms with Crippen LogP contribution in [-0.4, -0.2) is 73.1 Å². The van der Waals surface area contributed by atoms with Crippen LogP contribution in [0.3, 0.4) is 0 Å². The van der Waals surface area contributed by atoms with Crippen molar-refractivity contribution in [2.75, 3.05) is 43.4 Å². The van der Waals surface area contributed by atoms with E-state index in [4.69, 9.17) is 10.5 Å². The van der Waals surface area contributed by atoms with Gasteiger partial charge in [0, 0.05) is 47.9 Å². The van der Waals surface area contributed by atoms with Gasteiger partial charge in [-0.15, -0.1) is 11.3 Å². The molecule has 12 nitrogen and oxygen atoms in total. The smallest absolute Gasteiger partial charge is 0.298 e. The van der Waals surface area contributed by atoms with Crippen molar-refractivity contribution in [1.29, 1.82) is 0 Å². The topological polar surface area (TPSA) is 140 Å². The van der Waals surface area contributed by atoms with Crippen LogP contribution in [0.25, 0.3) is 16.0 Å². The third kappa shape index (κ3) is 6.75. The minimum absolute atomic E-state index is 0.0213. The number of rotatable bonds is 11. The quantitative estimate of drug-likeness (QED) is 0.174. The largest absolute Gasteiger partial charge is 0.490 e. The zero-order valence-corrected chi connectivity index (χ0v) is 29.0. The van der Waals surface area contributed by atoms with Crippen LogP contribution in [0.2, 0.25) is 0 Å². The predicted octanol–water partition coefficient (Wildman–Crippen LogP) is 4.57. The number of aliphatic hydroxyl groups is 1. The van der Waals surface area contributed by atoms with Crippen LogP contribution in [-0.2, 0) is 18.7 Å². The molecule has 15 heteroatoms. The highest BCUT2D eigenvalue weighted by atomic mass is 32.1. The van der Waals surface area contributed by atoms with E-state index in [9.17, 15) is 18.7 Å². The van der Waals surface area contributed by atoms with Gasteiger partial charge in [0.25, 0.3) is 5.56 Å². The Morgan fingerprint density at radius 2 is 1.92 bits per heavy atom. The summed E-state index contributed by atoms with van der Waals surface area (Å²) in [6, 6.07) is 21.2. The maximum absolute atomic E-state index is 14.9. The molecule has 0 saturated carbocycles. The number of benzene rings is 3. The van der Waals surface area contributed by atoms with Crippen molar-refractivity contribution in [2.45, 2.75) is 37.6 Å². The molecule has 0 spiro atoms. The molecule has 0 amide bonds. The summed E-state index contributed by atoms with van der Waals surface area (Å²) in [7, 11) is 0. The molecule has 3 aromatic heterocycles. The Balaban J connectivity index is 0.967. The molecular weight excluding hydrogens is 689 g/mol. The number of fused-ring (bicyclic) bond motifs is 2. The van der Waals surface area contributed by atoms with Crippen molar-refractivity contribution in [2.24, 2.45) is 0 Å². The number of halogens is 2. The summed E-state index contributed by atoms with van der Waals surface area (Å²) < 4.78 is 37.6. The maximum atomic E-state index is 14.9. The molecular formula is C37H37F2N9O3S. The Morgan fingerprint density at radius 3 is 2.73 bits per heavy atom. The van der Waals surface area contributed by atoms with E-state index >= 15 is 0 Å². The first-order chi connectivity index (χ1) is 25.2. The molecule has 8 rings (SSSR count). The lowest BCUT2D eigenvalue weighted by molar-refractivity contribution is -0.00423. The lowest BCUT2D eigenvalue weighted by atomic mass is 9.89. The molecule has 1 saturated heterocycles. The number of nitrogens with one attached hydrogen (secondary N) is 1. The van der Waals surface area contributed by atoms with Gasteiger partial charge in [-0.1, -0.05) is 24.3 Å². The molecule has 0 unspecified atom stereocenters. The molecule has 0 aliphatic carbocycles. The van der Waals surface area contributed by atoms with Crippen molar-refractivity contribution in [3.05, 3.63) is 118 Å². The lowest BCUT2D eigenvalue weighted by Gasteiger charge is -2.31. The first-order valence-corrected chi connectivity index (χ1v) is 17.9. The van der Waals surface area contributed by atoms with Crippen LogP contribution < -0.4 is 26.2 Å². The average Bonchev–Trinajstić information content (AvgIpc) is 3.92. The highest BCUT2D eigenvalue weighted by Crippen LogP contribution is 2.39. The number of para-hydroxylation sites is 1. The number of nitrogen functional groups attached to an aromatic ring is 1. The standard InChI is InChI=1S/C37H37F2N9O3S/c38-24-6-8-29(30(39)16-24)37(50,21-46-23-41-22-43-46)11-13-45-12-10-25(20-45)42-19-28-18-32-35(52-28)44-34(40)36(49)48(32)27-7-9-33-31(17-27)47(14-15-51-33)26-4-2-1-3-5-26/h1-9,16-18,22-23,25,42,50H,10-15,19-21H2,(H2,40,44)/t25-,37-/m1/s1. The number of nitrogens with zero attached hydrogens (tertiary/aromatic N) is 7. The second kappa shape index (κ2) is 14.1. The molecule has 6 aromatic rings. The van der Waals surface area contributed by atoms with Gasteiger partial charge in [-0.3, -0.25) is 9.36 Å². The summed E-state index contributed by atoms with van der Waals surface area (Å²) in [5.74, 6) is -0.835. The molecule has 2 aliphatic rings. The van der Waals surface area contributed by atoms with Gasteiger partial charge in [-0.25, -0.2) is 23.4 Å². The zero-order valence-electron chi connectivity index (χ0n) is 28.2. The number of thiophene rings is 1. The summed E-state index contributed by atoms with van der Waals surface area (Å²) in [6.45, 7) is 3.76. The monoisotopic (exact) mass is 725 g/mol. The molecule has 4 N–H and O–H groups in total. The van der Waals surface area contributed by atoms with Gasteiger partial charge in [0.15, 0.2) is 5.82 Å². The minimum Gasteiger partial charge on any atom is -0.490 e. The van der Waals surface area contributed by atoms with E-state index in [0.717, 1.165) is 53.6 Å². The molecule has 52 heavy (non-hydrogen) atoms. The van der Waals surface area contributed by atoms with Crippen LogP contribution in [0.15, 0.2) is 90.2 Å². The number of hydrogen-bond acceptors (Lipinski definition) is 11. The molecule has 0 radical (unpaired) electrons. The Morgan fingerprint density at radius 1 is 1.06 bits per heavy atom. The van der Waals surface area contributed by atoms with Gasteiger partial charge in [0.1, 0.15) is 47.1 Å². The van der Waals surface area contributed by atoms with E-state index in [1.807, 2.05) is 54.6 Å². The SMILES string of the molecule is Nc1nc2sc(CN[C@@H]3CCN(CC[C@@](O)(Cn4cncn4)c4ccc(F)cc4F)C3)cc2n(-c2ccc3c(c2)N(c2ccccc2)CCO3)c1=O. The minimum atomic E-state index is -1.62. The number of anilines is 3. The average molecular weight is 726 g/mol. The Kier molecular flexibility index (Phi) is 9.17. The second-order valence-electron chi connectivity index (χ2n) is 13.2. The number of aromatic nitrogens is 5. The van der Waals surface area contributed by atoms with Crippen molar-refractivity contribution in [3.8, 4) is 11.4 Å². The van der Waals surface area contributed by atoms with Gasteiger partial charge in [0.05, 0.1) is 30.0 Å². The number of hydrogen-bond donors (Lipinski definition) is 3. The lowest BCUT2D eigenvalue weighted by Crippen LogP contribution is -2.38. The third-order valence-corrected chi connectivity index (χ3v) is 10.8. The van der Waals surface area contributed by atoms with Gasteiger partial charge >= 0.3 is 0 Å². The molecule has 1 fully saturated rings. The van der Waals surface area contributed by atoms with Crippen LogP contribution in [0, 0.1) is 11.6 Å². The van der Waals surface area contributed by atoms with Gasteiger partial charge in [-0.05, 0) is 61.9 Å². The fraction of sp³-hybridized carbons (Fsp3) is 0.297. The van der Waals surface area contributed by atoms with Crippen LogP contribution >= 0.6 is 11.3 Å². The summed E-state index contributed by atoms with van der Waals surface area (Å²) in [5, 5.41) is 19.4. The summed E-state index contributed by atoms with van der Waals surface area (Å²) in [5.41, 5.74) is 7.44. The maximum Gasteiger partial charge on any atom is 0.298 e. The molecule has 2 atom stereocenters. The Bertz CT molecular complexity index is 2270. The summed E-state index contributed by atoms with van der Waals surface area (Å²) in [6.07, 6.45) is 3.89. The number of ether oxygens (including phenoxy) is 1. The van der Waals surface area contributed by atoms with Gasteiger partial charge < -0.3 is 30.7 Å². The third-order valence-electron chi connectivity index (χ3n) is 9.76. The number of likely N-dealkylation sites (tertiary alicyclic amines) is 1. The van der Waals surface area contributed by atoms with Crippen molar-refractivity contribution < 1.29 is 18.6 Å². The fourth-order valence-corrected chi connectivity index (χ4v) is 8.12. The van der Waals surface area contributed by atoms with E-state index in [2.05, 4.69) is 30.2 Å². The highest BCUT2D eigenvalue weighted by molar-refractivity contribution is 7.18. The molecule has 3 aromatic carbocycles. The normalized spacial score (nSPS) is 17.3. The van der Waals surface area contributed by atoms with E-state index < -0.39 is 17.2 Å². The van der Waals surface area contributed by atoms with Crippen LogP contribution in [0.1, 0.15) is 23.3 Å². The van der Waals surface area contributed by atoms with Crippen molar-refractivity contribution in [3.63, 3.8) is 0 Å². The van der Waals surface area contributed by atoms with Crippen molar-refractivity contribution in [1.82, 2.24) is 34.5 Å². The van der Waals surface area contributed by atoms with E-state index in [0.29, 0.717) is 42.3 Å². The Hall–Kier alpha value is -5.22. The Labute approximate surface area is 301 Å². The predicted molar refractivity (Wildman–Crippen MR) is 195 cm³/mol. The first-order valence-electron chi connectivity index (χ1n) is 17.1. The van der Waals surface area contributed by atoms with Crippen molar-refractivity contribution >= 4 is 38.9 Å². The van der Waals surface area contributed by atoms with Crippen LogP contribution in [0.5, 0.6) is 5.75 Å². The second-order valence-corrected chi connectivity index (χ2v) is 14.3. The van der Waals surface area contributed by atoms with E-state index in [1.165, 1.54) is 34.7 Å². The zero-order chi connectivity index (χ0) is 35.8. The first kappa shape index (κ1) is 33.9. The van der Waals surface area contributed by atoms with Gasteiger partial charge in [0.2, 0.25) is 0 Å². The van der Waals surface area contributed by atoms with E-state index in [1.54, 1.807) is 4.57 Å². The number of nitrogens with two attached hydrogens (primary N) is 1. The molecule has 2 aliphatic heterocycles. The highest BCUT2D eigenvalue weighted by Gasteiger charge is 2.35. The fourth-order valence-electron chi connectivity index (χ4n) is 7.14. The summed E-state index contributed by atoms with van der Waals surface area (Å²) >= 11 is 1.48. The van der Waals surface area contributed by atoms with Crippen LogP contribution in [0.4, 0.5) is 26.0 Å². The molecule has 268 valence electrons. The van der Waals surface area contributed by atoms with E-state index in [-0.39, 0.29) is 35.9 Å². The van der Waals surface area contributed by atoms with Gasteiger partial charge in [-0.2, -0.15) is 5.10 Å².